The van der Waals surface area contributed by atoms with E-state index in [0.717, 1.165) is 18.8 Å². The molecule has 1 unspecified atom stereocenters. The molecular weight excluding hydrogens is 176 g/mol. The highest BCUT2D eigenvalue weighted by Crippen LogP contribution is 2.33. The molecule has 0 amide bonds. The standard InChI is InChI=1S/C12H22O2/c1-2-10(8-9-12(13)14)11-6-4-3-5-7-11/h10-11H,2-9H2,1H3,(H,13,14). The van der Waals surface area contributed by atoms with Crippen molar-refractivity contribution in [3.63, 3.8) is 0 Å². The average Bonchev–Trinajstić information content (AvgIpc) is 2.20. The number of carboxylic acids is 1. The van der Waals surface area contributed by atoms with Crippen molar-refractivity contribution in [2.75, 3.05) is 0 Å². The molecule has 0 bridgehead atoms. The SMILES string of the molecule is CCC(CCC(=O)O)C1CCCCC1. The van der Waals surface area contributed by atoms with Crippen LogP contribution in [-0.2, 0) is 4.79 Å². The highest BCUT2D eigenvalue weighted by Gasteiger charge is 2.22. The highest BCUT2D eigenvalue weighted by molar-refractivity contribution is 5.66. The van der Waals surface area contributed by atoms with Crippen molar-refractivity contribution in [2.24, 2.45) is 11.8 Å². The van der Waals surface area contributed by atoms with E-state index in [4.69, 9.17) is 5.11 Å². The van der Waals surface area contributed by atoms with Crippen LogP contribution in [-0.4, -0.2) is 11.1 Å². The summed E-state index contributed by atoms with van der Waals surface area (Å²) in [6, 6.07) is 0. The highest BCUT2D eigenvalue weighted by atomic mass is 16.4. The number of hydrogen-bond donors (Lipinski definition) is 1. The molecule has 0 aromatic heterocycles. The van der Waals surface area contributed by atoms with Crippen LogP contribution in [0.25, 0.3) is 0 Å². The molecular formula is C12H22O2. The Kier molecular flexibility index (Phi) is 4.99. The largest absolute Gasteiger partial charge is 0.481 e. The van der Waals surface area contributed by atoms with Crippen molar-refractivity contribution < 1.29 is 9.90 Å². The number of aliphatic carboxylic acids is 1. The van der Waals surface area contributed by atoms with Gasteiger partial charge < -0.3 is 5.11 Å². The summed E-state index contributed by atoms with van der Waals surface area (Å²) in [6.07, 6.45) is 9.15. The molecule has 14 heavy (non-hydrogen) atoms. The van der Waals surface area contributed by atoms with Crippen molar-refractivity contribution in [3.05, 3.63) is 0 Å². The molecule has 0 aromatic carbocycles. The fourth-order valence-corrected chi connectivity index (χ4v) is 2.69. The van der Waals surface area contributed by atoms with Gasteiger partial charge >= 0.3 is 5.97 Å². The number of hydrogen-bond acceptors (Lipinski definition) is 1. The van der Waals surface area contributed by atoms with Crippen molar-refractivity contribution in [2.45, 2.75) is 58.3 Å². The Morgan fingerprint density at radius 2 is 2.00 bits per heavy atom. The van der Waals surface area contributed by atoms with Gasteiger partial charge in [-0.1, -0.05) is 45.4 Å². The van der Waals surface area contributed by atoms with Crippen molar-refractivity contribution in [1.29, 1.82) is 0 Å². The maximum atomic E-state index is 10.5. The Hall–Kier alpha value is -0.530. The van der Waals surface area contributed by atoms with Gasteiger partial charge in [-0.2, -0.15) is 0 Å². The van der Waals surface area contributed by atoms with Gasteiger partial charge in [0.2, 0.25) is 0 Å². The third kappa shape index (κ3) is 3.69. The van der Waals surface area contributed by atoms with Gasteiger partial charge in [-0.05, 0) is 18.3 Å². The summed E-state index contributed by atoms with van der Waals surface area (Å²) in [7, 11) is 0. The van der Waals surface area contributed by atoms with Crippen LogP contribution in [0.4, 0.5) is 0 Å². The van der Waals surface area contributed by atoms with Crippen LogP contribution in [0, 0.1) is 11.8 Å². The van der Waals surface area contributed by atoms with Gasteiger partial charge in [-0.25, -0.2) is 0 Å². The first kappa shape index (κ1) is 11.5. The number of rotatable bonds is 5. The average molecular weight is 198 g/mol. The molecule has 1 saturated carbocycles. The normalized spacial score (nSPS) is 20.6. The molecule has 2 heteroatoms. The molecule has 82 valence electrons. The van der Waals surface area contributed by atoms with E-state index in [2.05, 4.69) is 6.92 Å². The molecule has 1 rings (SSSR count). The lowest BCUT2D eigenvalue weighted by Gasteiger charge is -2.29. The van der Waals surface area contributed by atoms with Crippen LogP contribution in [0.2, 0.25) is 0 Å². The minimum atomic E-state index is -0.640. The van der Waals surface area contributed by atoms with Gasteiger partial charge in [0, 0.05) is 6.42 Å². The minimum Gasteiger partial charge on any atom is -0.481 e. The smallest absolute Gasteiger partial charge is 0.303 e. The Bertz CT molecular complexity index is 171. The van der Waals surface area contributed by atoms with Gasteiger partial charge in [0.1, 0.15) is 0 Å². The third-order valence-corrected chi connectivity index (χ3v) is 3.57. The minimum absolute atomic E-state index is 0.356. The van der Waals surface area contributed by atoms with Crippen LogP contribution in [0.5, 0.6) is 0 Å². The lowest BCUT2D eigenvalue weighted by Crippen LogP contribution is -2.18. The maximum absolute atomic E-state index is 10.5. The van der Waals surface area contributed by atoms with E-state index in [1.807, 2.05) is 0 Å². The van der Waals surface area contributed by atoms with E-state index in [1.165, 1.54) is 32.1 Å². The van der Waals surface area contributed by atoms with Gasteiger partial charge in [0.25, 0.3) is 0 Å². The predicted octanol–water partition coefficient (Wildman–Crippen LogP) is 3.46. The summed E-state index contributed by atoms with van der Waals surface area (Å²) < 4.78 is 0. The second-order valence-corrected chi connectivity index (χ2v) is 4.50. The first-order valence-corrected chi connectivity index (χ1v) is 5.95. The van der Waals surface area contributed by atoms with E-state index >= 15 is 0 Å². The quantitative estimate of drug-likeness (QED) is 0.734. The summed E-state index contributed by atoms with van der Waals surface area (Å²) in [5, 5.41) is 8.66. The molecule has 0 saturated heterocycles. The zero-order valence-corrected chi connectivity index (χ0v) is 9.17. The number of carboxylic acid groups (broad SMARTS) is 1. The van der Waals surface area contributed by atoms with Crippen molar-refractivity contribution in [1.82, 2.24) is 0 Å². The predicted molar refractivity (Wildman–Crippen MR) is 57.2 cm³/mol. The van der Waals surface area contributed by atoms with Crippen LogP contribution in [0.15, 0.2) is 0 Å². The molecule has 1 aliphatic rings. The van der Waals surface area contributed by atoms with Gasteiger partial charge in [-0.15, -0.1) is 0 Å². The molecule has 0 heterocycles. The molecule has 1 N–H and O–H groups in total. The summed E-state index contributed by atoms with van der Waals surface area (Å²) in [4.78, 5) is 10.5. The first-order valence-electron chi connectivity index (χ1n) is 5.95. The molecule has 0 aromatic rings. The van der Waals surface area contributed by atoms with Crippen LogP contribution in [0.3, 0.4) is 0 Å². The lowest BCUT2D eigenvalue weighted by molar-refractivity contribution is -0.137. The fourth-order valence-electron chi connectivity index (χ4n) is 2.69. The Morgan fingerprint density at radius 3 is 2.50 bits per heavy atom. The Balaban J connectivity index is 2.31. The van der Waals surface area contributed by atoms with Gasteiger partial charge in [0.15, 0.2) is 0 Å². The molecule has 1 fully saturated rings. The second kappa shape index (κ2) is 6.05. The van der Waals surface area contributed by atoms with Gasteiger partial charge in [0.05, 0.1) is 0 Å². The monoisotopic (exact) mass is 198 g/mol. The van der Waals surface area contributed by atoms with Crippen LogP contribution in [0.1, 0.15) is 58.3 Å². The Labute approximate surface area is 86.7 Å². The van der Waals surface area contributed by atoms with E-state index in [9.17, 15) is 4.79 Å². The topological polar surface area (TPSA) is 37.3 Å². The molecule has 0 aliphatic heterocycles. The van der Waals surface area contributed by atoms with Crippen molar-refractivity contribution >= 4 is 5.97 Å². The summed E-state index contributed by atoms with van der Waals surface area (Å²) in [5.41, 5.74) is 0. The second-order valence-electron chi connectivity index (χ2n) is 4.50. The number of carbonyl (C=O) groups is 1. The van der Waals surface area contributed by atoms with Crippen molar-refractivity contribution in [3.8, 4) is 0 Å². The summed E-state index contributed by atoms with van der Waals surface area (Å²) >= 11 is 0. The molecule has 0 radical (unpaired) electrons. The van der Waals surface area contributed by atoms with E-state index in [0.29, 0.717) is 12.3 Å². The molecule has 0 spiro atoms. The zero-order valence-electron chi connectivity index (χ0n) is 9.17. The lowest BCUT2D eigenvalue weighted by atomic mass is 9.77. The van der Waals surface area contributed by atoms with Crippen LogP contribution < -0.4 is 0 Å². The van der Waals surface area contributed by atoms with Crippen LogP contribution >= 0.6 is 0 Å². The third-order valence-electron chi connectivity index (χ3n) is 3.57. The zero-order chi connectivity index (χ0) is 10.4. The Morgan fingerprint density at radius 1 is 1.36 bits per heavy atom. The van der Waals surface area contributed by atoms with E-state index in [-0.39, 0.29) is 0 Å². The summed E-state index contributed by atoms with van der Waals surface area (Å²) in [5.74, 6) is 0.832. The van der Waals surface area contributed by atoms with Gasteiger partial charge in [-0.3, -0.25) is 4.79 Å². The van der Waals surface area contributed by atoms with E-state index < -0.39 is 5.97 Å². The first-order chi connectivity index (χ1) is 6.74. The summed E-state index contributed by atoms with van der Waals surface area (Å²) in [6.45, 7) is 2.20. The molecule has 1 aliphatic carbocycles. The van der Waals surface area contributed by atoms with E-state index in [1.54, 1.807) is 0 Å². The fraction of sp³-hybridized carbons (Fsp3) is 0.917. The maximum Gasteiger partial charge on any atom is 0.303 e. The molecule has 1 atom stereocenters. The molecule has 2 nitrogen and oxygen atoms in total.